The van der Waals surface area contributed by atoms with Crippen LogP contribution in [0.15, 0.2) is 0 Å². The highest BCUT2D eigenvalue weighted by molar-refractivity contribution is 6.21. The number of hydrogen-bond acceptors (Lipinski definition) is 3. The molecule has 3 atom stereocenters. The van der Waals surface area contributed by atoms with Gasteiger partial charge in [0, 0.05) is 18.1 Å². The van der Waals surface area contributed by atoms with Crippen LogP contribution in [-0.2, 0) is 0 Å². The van der Waals surface area contributed by atoms with E-state index in [9.17, 15) is 0 Å². The van der Waals surface area contributed by atoms with Crippen molar-refractivity contribution in [1.82, 2.24) is 4.90 Å². The summed E-state index contributed by atoms with van der Waals surface area (Å²) in [6.45, 7) is 0. The van der Waals surface area contributed by atoms with E-state index >= 15 is 0 Å². The van der Waals surface area contributed by atoms with Crippen molar-refractivity contribution in [2.24, 2.45) is 11.7 Å². The van der Waals surface area contributed by atoms with Gasteiger partial charge in [-0.3, -0.25) is 0 Å². The van der Waals surface area contributed by atoms with Gasteiger partial charge in [-0.1, -0.05) is 0 Å². The van der Waals surface area contributed by atoms with Gasteiger partial charge in [-0.2, -0.15) is 5.26 Å². The van der Waals surface area contributed by atoms with Gasteiger partial charge in [0.05, 0.1) is 17.4 Å². The number of alkyl halides is 1. The smallest absolute Gasteiger partial charge is 0.0671 e. The molecule has 2 aliphatic carbocycles. The van der Waals surface area contributed by atoms with Crippen LogP contribution in [0.25, 0.3) is 0 Å². The zero-order valence-corrected chi connectivity index (χ0v) is 11.9. The summed E-state index contributed by atoms with van der Waals surface area (Å²) in [7, 11) is 2.22. The molecule has 4 heteroatoms. The van der Waals surface area contributed by atoms with Gasteiger partial charge in [-0.15, -0.1) is 11.6 Å². The molecule has 0 aliphatic heterocycles. The van der Waals surface area contributed by atoms with Crippen LogP contribution >= 0.6 is 11.6 Å². The minimum absolute atomic E-state index is 0.0297. The Morgan fingerprint density at radius 3 is 2.28 bits per heavy atom. The fourth-order valence-corrected chi connectivity index (χ4v) is 3.81. The average Bonchev–Trinajstić information content (AvgIpc) is 2.38. The van der Waals surface area contributed by atoms with Gasteiger partial charge in [-0.25, -0.2) is 0 Å². The zero-order chi connectivity index (χ0) is 13.1. The normalized spacial score (nSPS) is 41.6. The fourth-order valence-electron chi connectivity index (χ4n) is 3.42. The number of nitrogens with two attached hydrogens (primary N) is 1. The van der Waals surface area contributed by atoms with E-state index in [2.05, 4.69) is 18.0 Å². The Morgan fingerprint density at radius 1 is 1.11 bits per heavy atom. The molecule has 18 heavy (non-hydrogen) atoms. The fraction of sp³-hybridized carbons (Fsp3) is 0.929. The van der Waals surface area contributed by atoms with Crippen LogP contribution in [-0.4, -0.2) is 35.5 Å². The van der Waals surface area contributed by atoms with Gasteiger partial charge in [-0.05, 0) is 52.0 Å². The first-order valence-electron chi connectivity index (χ1n) is 7.13. The Balaban J connectivity index is 1.86. The van der Waals surface area contributed by atoms with Crippen LogP contribution in [0.4, 0.5) is 0 Å². The molecule has 0 radical (unpaired) electrons. The van der Waals surface area contributed by atoms with Crippen molar-refractivity contribution in [3.05, 3.63) is 0 Å². The van der Waals surface area contributed by atoms with Crippen molar-refractivity contribution in [1.29, 1.82) is 5.26 Å². The predicted octanol–water partition coefficient (Wildman–Crippen LogP) is 2.49. The van der Waals surface area contributed by atoms with E-state index in [1.807, 2.05) is 0 Å². The van der Waals surface area contributed by atoms with Gasteiger partial charge < -0.3 is 10.6 Å². The summed E-state index contributed by atoms with van der Waals surface area (Å²) in [6, 6.07) is 3.96. The number of nitrogens with zero attached hydrogens (tertiary/aromatic N) is 2. The largest absolute Gasteiger partial charge is 0.328 e. The van der Waals surface area contributed by atoms with Crippen LogP contribution in [0.1, 0.15) is 44.9 Å². The first-order valence-corrected chi connectivity index (χ1v) is 7.56. The van der Waals surface area contributed by atoms with Gasteiger partial charge in [0.2, 0.25) is 0 Å². The first-order chi connectivity index (χ1) is 8.61. The molecule has 0 amide bonds. The predicted molar refractivity (Wildman–Crippen MR) is 74.4 cm³/mol. The minimum Gasteiger partial charge on any atom is -0.328 e. The molecule has 3 nitrogen and oxygen atoms in total. The van der Waals surface area contributed by atoms with Crippen LogP contribution in [0, 0.1) is 17.2 Å². The molecule has 2 saturated carbocycles. The van der Waals surface area contributed by atoms with Gasteiger partial charge >= 0.3 is 0 Å². The molecular formula is C14H24ClN3. The van der Waals surface area contributed by atoms with E-state index in [1.54, 1.807) is 0 Å². The Hall–Kier alpha value is -0.300. The summed E-state index contributed by atoms with van der Waals surface area (Å²) in [5, 5.41) is 9.03. The first kappa shape index (κ1) is 14.1. The monoisotopic (exact) mass is 269 g/mol. The molecule has 0 aromatic carbocycles. The standard InChI is InChI=1S/C14H24ClN3/c1-18(12-6-3-11(17)4-7-12)13-5-2-10(9-16)14(15)8-13/h10-14H,2-8,17H2,1H3/t10?,11-,12-,13?,14?. The minimum atomic E-state index is 0.0297. The Labute approximate surface area is 115 Å². The third-order valence-electron chi connectivity index (χ3n) is 4.80. The summed E-state index contributed by atoms with van der Waals surface area (Å²) >= 11 is 6.31. The van der Waals surface area contributed by atoms with Crippen molar-refractivity contribution in [3.8, 4) is 6.07 Å². The van der Waals surface area contributed by atoms with E-state index in [0.717, 1.165) is 32.1 Å². The van der Waals surface area contributed by atoms with E-state index in [0.29, 0.717) is 18.1 Å². The van der Waals surface area contributed by atoms with E-state index < -0.39 is 0 Å². The molecule has 2 fully saturated rings. The third kappa shape index (κ3) is 3.17. The Kier molecular flexibility index (Phi) is 4.89. The molecule has 0 aromatic rings. The number of halogens is 1. The maximum absolute atomic E-state index is 9.00. The SMILES string of the molecule is CN(C1CCC(C#N)C(Cl)C1)[C@H]1CC[C@H](N)CC1. The number of nitriles is 1. The molecule has 3 unspecified atom stereocenters. The highest BCUT2D eigenvalue weighted by atomic mass is 35.5. The van der Waals surface area contributed by atoms with Crippen molar-refractivity contribution < 1.29 is 0 Å². The second-order valence-electron chi connectivity index (χ2n) is 5.95. The van der Waals surface area contributed by atoms with Gasteiger partial charge in [0.25, 0.3) is 0 Å². The number of rotatable bonds is 2. The molecular weight excluding hydrogens is 246 g/mol. The average molecular weight is 270 g/mol. The van der Waals surface area contributed by atoms with E-state index in [4.69, 9.17) is 22.6 Å². The molecule has 0 aromatic heterocycles. The van der Waals surface area contributed by atoms with Crippen LogP contribution < -0.4 is 5.73 Å². The second kappa shape index (κ2) is 6.23. The molecule has 2 N–H and O–H groups in total. The van der Waals surface area contributed by atoms with Gasteiger partial charge in [0.1, 0.15) is 0 Å². The van der Waals surface area contributed by atoms with Gasteiger partial charge in [0.15, 0.2) is 0 Å². The van der Waals surface area contributed by atoms with Crippen molar-refractivity contribution in [3.63, 3.8) is 0 Å². The van der Waals surface area contributed by atoms with Crippen molar-refractivity contribution in [2.45, 2.75) is 68.4 Å². The summed E-state index contributed by atoms with van der Waals surface area (Å²) in [5.41, 5.74) is 5.96. The lowest BCUT2D eigenvalue weighted by Crippen LogP contribution is -2.47. The molecule has 2 aliphatic rings. The molecule has 102 valence electrons. The molecule has 2 rings (SSSR count). The molecule has 0 heterocycles. The molecule has 0 bridgehead atoms. The maximum Gasteiger partial charge on any atom is 0.0671 e. The van der Waals surface area contributed by atoms with Crippen LogP contribution in [0.5, 0.6) is 0 Å². The Bertz CT molecular complexity index is 307. The Morgan fingerprint density at radius 2 is 1.72 bits per heavy atom. The molecule has 0 saturated heterocycles. The van der Waals surface area contributed by atoms with Crippen molar-refractivity contribution in [2.75, 3.05) is 7.05 Å². The highest BCUT2D eigenvalue weighted by Gasteiger charge is 2.34. The summed E-state index contributed by atoms with van der Waals surface area (Å²) in [4.78, 5) is 2.51. The van der Waals surface area contributed by atoms with Crippen molar-refractivity contribution >= 4 is 11.6 Å². The summed E-state index contributed by atoms with van der Waals surface area (Å²) < 4.78 is 0. The molecule has 0 spiro atoms. The summed E-state index contributed by atoms with van der Waals surface area (Å²) in [5.74, 6) is 0.0519. The third-order valence-corrected chi connectivity index (χ3v) is 5.29. The topological polar surface area (TPSA) is 53.0 Å². The quantitative estimate of drug-likeness (QED) is 0.784. The highest BCUT2D eigenvalue weighted by Crippen LogP contribution is 2.33. The lowest BCUT2D eigenvalue weighted by Gasteiger charge is -2.41. The van der Waals surface area contributed by atoms with E-state index in [-0.39, 0.29) is 11.3 Å². The second-order valence-corrected chi connectivity index (χ2v) is 6.51. The summed E-state index contributed by atoms with van der Waals surface area (Å²) in [6.07, 6.45) is 7.73. The lowest BCUT2D eigenvalue weighted by atomic mass is 9.83. The lowest BCUT2D eigenvalue weighted by molar-refractivity contribution is 0.102. The zero-order valence-electron chi connectivity index (χ0n) is 11.2. The maximum atomic E-state index is 9.00. The van der Waals surface area contributed by atoms with E-state index in [1.165, 1.54) is 12.8 Å². The van der Waals surface area contributed by atoms with Crippen LogP contribution in [0.2, 0.25) is 0 Å². The van der Waals surface area contributed by atoms with Crippen LogP contribution in [0.3, 0.4) is 0 Å². The number of hydrogen-bond donors (Lipinski definition) is 1.